The molecule has 1 saturated heterocycles. The van der Waals surface area contributed by atoms with Crippen LogP contribution in [0.3, 0.4) is 0 Å². The summed E-state index contributed by atoms with van der Waals surface area (Å²) < 4.78 is 30.9. The first kappa shape index (κ1) is 21.7. The molecule has 0 radical (unpaired) electrons. The Morgan fingerprint density at radius 3 is 2.70 bits per heavy atom. The Hall–Kier alpha value is -1.52. The summed E-state index contributed by atoms with van der Waals surface area (Å²) in [4.78, 5) is 18.0. The fourth-order valence-corrected chi connectivity index (χ4v) is 8.02. The Morgan fingerprint density at radius 1 is 1.23 bits per heavy atom. The molecule has 1 unspecified atom stereocenters. The third-order valence-corrected chi connectivity index (χ3v) is 10.2. The van der Waals surface area contributed by atoms with Crippen LogP contribution in [0.25, 0.3) is 10.2 Å². The Kier molecular flexibility index (Phi) is 5.93. The van der Waals surface area contributed by atoms with Crippen molar-refractivity contribution in [2.45, 2.75) is 30.9 Å². The van der Waals surface area contributed by atoms with Crippen molar-refractivity contribution in [1.29, 1.82) is 0 Å². The van der Waals surface area contributed by atoms with Crippen LogP contribution in [-0.2, 0) is 21.9 Å². The number of thiophene rings is 1. The number of sulfonamides is 1. The second kappa shape index (κ2) is 8.20. The van der Waals surface area contributed by atoms with Crippen molar-refractivity contribution in [2.75, 3.05) is 13.1 Å². The zero-order chi connectivity index (χ0) is 21.6. The lowest BCUT2D eigenvalue weighted by atomic mass is 9.99. The average molecular weight is 484 g/mol. The van der Waals surface area contributed by atoms with Gasteiger partial charge in [-0.3, -0.25) is 4.79 Å². The van der Waals surface area contributed by atoms with Crippen molar-refractivity contribution in [1.82, 2.24) is 8.87 Å². The van der Waals surface area contributed by atoms with E-state index in [9.17, 15) is 13.2 Å². The van der Waals surface area contributed by atoms with Crippen LogP contribution >= 0.6 is 34.3 Å². The normalized spacial score (nSPS) is 18.9. The van der Waals surface area contributed by atoms with E-state index in [0.29, 0.717) is 28.5 Å². The third kappa shape index (κ3) is 4.01. The molecule has 1 aliphatic heterocycles. The van der Waals surface area contributed by atoms with Gasteiger partial charge in [0.15, 0.2) is 4.80 Å². The number of thiazole rings is 1. The van der Waals surface area contributed by atoms with E-state index in [0.717, 1.165) is 32.7 Å². The van der Waals surface area contributed by atoms with Crippen LogP contribution in [0.4, 0.5) is 0 Å². The number of hydrogen-bond donors (Lipinski definition) is 0. The second-order valence-electron chi connectivity index (χ2n) is 7.58. The van der Waals surface area contributed by atoms with Crippen LogP contribution in [0.2, 0.25) is 4.34 Å². The summed E-state index contributed by atoms with van der Waals surface area (Å²) in [7, 11) is -1.74. The van der Waals surface area contributed by atoms with Crippen molar-refractivity contribution in [3.05, 3.63) is 44.5 Å². The van der Waals surface area contributed by atoms with Crippen molar-refractivity contribution in [2.24, 2.45) is 18.0 Å². The van der Waals surface area contributed by atoms with Gasteiger partial charge in [0.2, 0.25) is 0 Å². The minimum atomic E-state index is -3.65. The maximum atomic E-state index is 12.9. The fourth-order valence-electron chi connectivity index (χ4n) is 3.79. The van der Waals surface area contributed by atoms with Crippen molar-refractivity contribution in [3.63, 3.8) is 0 Å². The van der Waals surface area contributed by atoms with E-state index >= 15 is 0 Å². The van der Waals surface area contributed by atoms with Crippen molar-refractivity contribution >= 4 is 60.4 Å². The molecule has 1 atom stereocenters. The molecule has 0 N–H and O–H groups in total. The molecule has 1 fully saturated rings. The summed E-state index contributed by atoms with van der Waals surface area (Å²) in [5.41, 5.74) is 3.36. The molecule has 2 aromatic heterocycles. The first-order chi connectivity index (χ1) is 14.2. The predicted octanol–water partition coefficient (Wildman–Crippen LogP) is 4.10. The van der Waals surface area contributed by atoms with Crippen molar-refractivity contribution in [3.8, 4) is 0 Å². The number of aryl methyl sites for hydroxylation is 3. The van der Waals surface area contributed by atoms with Crippen LogP contribution in [-0.4, -0.2) is 36.3 Å². The largest absolute Gasteiger partial charge is 0.319 e. The molecule has 160 valence electrons. The quantitative estimate of drug-likeness (QED) is 0.563. The minimum Gasteiger partial charge on any atom is -0.319 e. The summed E-state index contributed by atoms with van der Waals surface area (Å²) in [6.07, 6.45) is 1.26. The summed E-state index contributed by atoms with van der Waals surface area (Å²) >= 11 is 8.43. The third-order valence-electron chi connectivity index (χ3n) is 5.32. The van der Waals surface area contributed by atoms with Gasteiger partial charge in [0.05, 0.1) is 20.5 Å². The number of amides is 1. The molecule has 4 rings (SSSR count). The number of halogens is 1. The molecule has 3 aromatic rings. The first-order valence-electron chi connectivity index (χ1n) is 9.57. The van der Waals surface area contributed by atoms with E-state index in [1.54, 1.807) is 6.07 Å². The summed E-state index contributed by atoms with van der Waals surface area (Å²) in [5, 5.41) is 0. The van der Waals surface area contributed by atoms with E-state index in [4.69, 9.17) is 11.6 Å². The number of carbonyl (C=O) groups excluding carboxylic acids is 1. The van der Waals surface area contributed by atoms with E-state index in [-0.39, 0.29) is 16.7 Å². The number of carbonyl (C=O) groups is 1. The smallest absolute Gasteiger partial charge is 0.252 e. The number of hydrogen-bond acceptors (Lipinski definition) is 5. The van der Waals surface area contributed by atoms with E-state index in [1.165, 1.54) is 21.7 Å². The number of benzene rings is 1. The minimum absolute atomic E-state index is 0.146. The number of fused-ring (bicyclic) bond motifs is 1. The highest BCUT2D eigenvalue weighted by Crippen LogP contribution is 2.31. The molecule has 30 heavy (non-hydrogen) atoms. The molecule has 0 aliphatic carbocycles. The zero-order valence-electron chi connectivity index (χ0n) is 16.9. The van der Waals surface area contributed by atoms with Gasteiger partial charge < -0.3 is 4.57 Å². The van der Waals surface area contributed by atoms with Gasteiger partial charge in [-0.25, -0.2) is 8.42 Å². The highest BCUT2D eigenvalue weighted by atomic mass is 35.5. The number of rotatable bonds is 3. The molecular formula is C20H22ClN3O3S3. The highest BCUT2D eigenvalue weighted by molar-refractivity contribution is 7.91. The molecule has 1 aromatic carbocycles. The Labute approximate surface area is 188 Å². The lowest BCUT2D eigenvalue weighted by molar-refractivity contribution is -0.122. The standard InChI is InChI=1S/C20H22ClN3O3S3/c1-12-9-13(2)18-15(10-12)23(3)20(29-18)22-19(25)14-5-4-8-24(11-14)30(26,27)17-7-6-16(21)28-17/h6-7,9-10,14H,4-5,8,11H2,1-3H3. The molecule has 0 bridgehead atoms. The summed E-state index contributed by atoms with van der Waals surface area (Å²) in [6, 6.07) is 7.29. The van der Waals surface area contributed by atoms with Gasteiger partial charge in [0.1, 0.15) is 4.21 Å². The summed E-state index contributed by atoms with van der Waals surface area (Å²) in [5.74, 6) is -0.715. The molecule has 0 spiro atoms. The van der Waals surface area contributed by atoms with E-state index in [1.807, 2.05) is 18.5 Å². The Balaban J connectivity index is 1.62. The maximum Gasteiger partial charge on any atom is 0.252 e. The van der Waals surface area contributed by atoms with Crippen LogP contribution < -0.4 is 4.80 Å². The van der Waals surface area contributed by atoms with Crippen LogP contribution in [0.1, 0.15) is 24.0 Å². The van der Waals surface area contributed by atoms with Crippen LogP contribution in [0.15, 0.2) is 33.5 Å². The topological polar surface area (TPSA) is 71.7 Å². The van der Waals surface area contributed by atoms with Gasteiger partial charge in [0, 0.05) is 20.1 Å². The van der Waals surface area contributed by atoms with Gasteiger partial charge in [-0.1, -0.05) is 29.0 Å². The fraction of sp³-hybridized carbons (Fsp3) is 0.400. The lowest BCUT2D eigenvalue weighted by Crippen LogP contribution is -2.42. The first-order valence-corrected chi connectivity index (χ1v) is 13.0. The Bertz CT molecular complexity index is 1300. The molecule has 1 aliphatic rings. The summed E-state index contributed by atoms with van der Waals surface area (Å²) in [6.45, 7) is 4.64. The van der Waals surface area contributed by atoms with Crippen molar-refractivity contribution < 1.29 is 13.2 Å². The molecule has 10 heteroatoms. The number of piperidine rings is 1. The number of aromatic nitrogens is 1. The lowest BCUT2D eigenvalue weighted by Gasteiger charge is -2.29. The van der Waals surface area contributed by atoms with Crippen LogP contribution in [0, 0.1) is 19.8 Å². The second-order valence-corrected chi connectivity index (χ2v) is 12.4. The van der Waals surface area contributed by atoms with E-state index in [2.05, 4.69) is 24.0 Å². The molecule has 0 saturated carbocycles. The Morgan fingerprint density at radius 2 is 2.00 bits per heavy atom. The molecule has 1 amide bonds. The predicted molar refractivity (Wildman–Crippen MR) is 122 cm³/mol. The highest BCUT2D eigenvalue weighted by Gasteiger charge is 2.34. The monoisotopic (exact) mass is 483 g/mol. The van der Waals surface area contributed by atoms with Gasteiger partial charge in [-0.2, -0.15) is 9.30 Å². The maximum absolute atomic E-state index is 12.9. The van der Waals surface area contributed by atoms with Gasteiger partial charge in [-0.15, -0.1) is 11.3 Å². The average Bonchev–Trinajstić information content (AvgIpc) is 3.27. The number of nitrogens with zero attached hydrogens (tertiary/aromatic N) is 3. The van der Waals surface area contributed by atoms with Crippen LogP contribution in [0.5, 0.6) is 0 Å². The molecular weight excluding hydrogens is 462 g/mol. The van der Waals surface area contributed by atoms with Gasteiger partial charge in [0.25, 0.3) is 15.9 Å². The molecule has 3 heterocycles. The molecule has 6 nitrogen and oxygen atoms in total. The van der Waals surface area contributed by atoms with Gasteiger partial charge >= 0.3 is 0 Å². The zero-order valence-corrected chi connectivity index (χ0v) is 20.1. The van der Waals surface area contributed by atoms with Gasteiger partial charge in [-0.05, 0) is 56.0 Å². The van der Waals surface area contributed by atoms with E-state index < -0.39 is 15.9 Å². The SMILES string of the molecule is Cc1cc(C)c2sc(=NC(=O)C3CCCN(S(=O)(=O)c4ccc(Cl)s4)C3)n(C)c2c1.